The van der Waals surface area contributed by atoms with Gasteiger partial charge in [0.25, 0.3) is 0 Å². The highest BCUT2D eigenvalue weighted by atomic mass is 35.5. The van der Waals surface area contributed by atoms with E-state index in [4.69, 9.17) is 21.1 Å². The second-order valence-corrected chi connectivity index (χ2v) is 6.02. The van der Waals surface area contributed by atoms with Crippen LogP contribution >= 0.6 is 22.9 Å². The summed E-state index contributed by atoms with van der Waals surface area (Å²) in [4.78, 5) is 0. The molecule has 0 aliphatic carbocycles. The van der Waals surface area contributed by atoms with Crippen LogP contribution in [-0.2, 0) is 6.54 Å². The molecule has 0 saturated carbocycles. The van der Waals surface area contributed by atoms with E-state index < -0.39 is 0 Å². The van der Waals surface area contributed by atoms with E-state index in [2.05, 4.69) is 17.6 Å². The summed E-state index contributed by atoms with van der Waals surface area (Å²) in [6.45, 7) is 2.88. The Bertz CT molecular complexity index is 571. The number of methoxy groups -OCH3 is 2. The van der Waals surface area contributed by atoms with Crippen molar-refractivity contribution in [3.63, 3.8) is 0 Å². The Labute approximate surface area is 128 Å². The minimum atomic E-state index is 0.256. The fraction of sp³-hybridized carbons (Fsp3) is 0.333. The number of benzene rings is 1. The van der Waals surface area contributed by atoms with Crippen LogP contribution in [0.15, 0.2) is 29.6 Å². The van der Waals surface area contributed by atoms with Crippen LogP contribution in [0.5, 0.6) is 11.5 Å². The van der Waals surface area contributed by atoms with Crippen LogP contribution in [0.1, 0.15) is 24.1 Å². The van der Waals surface area contributed by atoms with Crippen LogP contribution in [0, 0.1) is 0 Å². The predicted octanol–water partition coefficient (Wildman–Crippen LogP) is 4.27. The van der Waals surface area contributed by atoms with E-state index in [1.165, 1.54) is 5.56 Å². The third-order valence-electron chi connectivity index (χ3n) is 3.15. The van der Waals surface area contributed by atoms with Crippen LogP contribution in [0.4, 0.5) is 0 Å². The Morgan fingerprint density at radius 1 is 1.20 bits per heavy atom. The largest absolute Gasteiger partial charge is 0.493 e. The molecule has 1 heterocycles. The van der Waals surface area contributed by atoms with E-state index in [-0.39, 0.29) is 6.04 Å². The Hall–Kier alpha value is -1.23. The molecule has 108 valence electrons. The van der Waals surface area contributed by atoms with Gasteiger partial charge < -0.3 is 14.8 Å². The number of hydrogen-bond acceptors (Lipinski definition) is 4. The van der Waals surface area contributed by atoms with Gasteiger partial charge in [-0.2, -0.15) is 0 Å². The fourth-order valence-electron chi connectivity index (χ4n) is 1.93. The van der Waals surface area contributed by atoms with Crippen LogP contribution < -0.4 is 14.8 Å². The SMILES string of the molecule is COc1ccc(CNC(C)c2csc(Cl)c2)cc1OC. The standard InChI is InChI=1S/C15H18ClNO2S/c1-10(12-7-15(16)20-9-12)17-8-11-4-5-13(18-2)14(6-11)19-3/h4-7,9-10,17H,8H2,1-3H3. The lowest BCUT2D eigenvalue weighted by molar-refractivity contribution is 0.354. The molecule has 0 bridgehead atoms. The van der Waals surface area contributed by atoms with E-state index in [0.29, 0.717) is 0 Å². The van der Waals surface area contributed by atoms with Gasteiger partial charge in [0.05, 0.1) is 18.6 Å². The zero-order valence-corrected chi connectivity index (χ0v) is 13.3. The molecule has 1 aromatic heterocycles. The van der Waals surface area contributed by atoms with Gasteiger partial charge in [-0.15, -0.1) is 11.3 Å². The Balaban J connectivity index is 2.00. The summed E-state index contributed by atoms with van der Waals surface area (Å²) in [5.74, 6) is 1.49. The summed E-state index contributed by atoms with van der Waals surface area (Å²) in [5, 5.41) is 5.55. The molecular formula is C15H18ClNO2S. The van der Waals surface area contributed by atoms with Gasteiger partial charge in [0.2, 0.25) is 0 Å². The molecule has 5 heteroatoms. The first-order valence-electron chi connectivity index (χ1n) is 6.32. The molecule has 2 aromatic rings. The van der Waals surface area contributed by atoms with E-state index in [1.54, 1.807) is 25.6 Å². The van der Waals surface area contributed by atoms with Gasteiger partial charge in [-0.1, -0.05) is 17.7 Å². The van der Waals surface area contributed by atoms with Crippen molar-refractivity contribution in [2.75, 3.05) is 14.2 Å². The normalized spacial score (nSPS) is 12.2. The van der Waals surface area contributed by atoms with E-state index in [9.17, 15) is 0 Å². The first-order valence-corrected chi connectivity index (χ1v) is 7.58. The number of nitrogens with one attached hydrogen (secondary N) is 1. The molecule has 0 saturated heterocycles. The minimum Gasteiger partial charge on any atom is -0.493 e. The number of ether oxygens (including phenoxy) is 2. The first-order chi connectivity index (χ1) is 9.63. The summed E-state index contributed by atoms with van der Waals surface area (Å²) in [5.41, 5.74) is 2.36. The molecular weight excluding hydrogens is 294 g/mol. The molecule has 1 N–H and O–H groups in total. The highest BCUT2D eigenvalue weighted by Gasteiger charge is 2.09. The average Bonchev–Trinajstić information content (AvgIpc) is 2.91. The van der Waals surface area contributed by atoms with Crippen LogP contribution in [0.3, 0.4) is 0 Å². The lowest BCUT2D eigenvalue weighted by Crippen LogP contribution is -2.17. The van der Waals surface area contributed by atoms with Crippen molar-refractivity contribution in [3.8, 4) is 11.5 Å². The van der Waals surface area contributed by atoms with Gasteiger partial charge in [-0.05, 0) is 41.6 Å². The topological polar surface area (TPSA) is 30.5 Å². The van der Waals surface area contributed by atoms with Crippen LogP contribution in [0.2, 0.25) is 4.34 Å². The lowest BCUT2D eigenvalue weighted by atomic mass is 10.1. The third-order valence-corrected chi connectivity index (χ3v) is 4.26. The van der Waals surface area contributed by atoms with Gasteiger partial charge in [-0.25, -0.2) is 0 Å². The molecule has 1 aromatic carbocycles. The van der Waals surface area contributed by atoms with Crippen molar-refractivity contribution in [1.29, 1.82) is 0 Å². The Morgan fingerprint density at radius 3 is 2.55 bits per heavy atom. The number of thiophene rings is 1. The number of rotatable bonds is 6. The Kier molecular flexibility index (Phi) is 5.29. The van der Waals surface area contributed by atoms with Gasteiger partial charge >= 0.3 is 0 Å². The van der Waals surface area contributed by atoms with Crippen molar-refractivity contribution >= 4 is 22.9 Å². The third kappa shape index (κ3) is 3.66. The lowest BCUT2D eigenvalue weighted by Gasteiger charge is -2.14. The summed E-state index contributed by atoms with van der Waals surface area (Å²) in [7, 11) is 3.28. The molecule has 0 amide bonds. The van der Waals surface area contributed by atoms with Crippen LogP contribution in [0.25, 0.3) is 0 Å². The molecule has 3 nitrogen and oxygen atoms in total. The van der Waals surface area contributed by atoms with Gasteiger partial charge in [0.15, 0.2) is 11.5 Å². The second kappa shape index (κ2) is 6.97. The molecule has 1 atom stereocenters. The van der Waals surface area contributed by atoms with Crippen molar-refractivity contribution < 1.29 is 9.47 Å². The highest BCUT2D eigenvalue weighted by molar-refractivity contribution is 7.14. The van der Waals surface area contributed by atoms with Gasteiger partial charge in [-0.3, -0.25) is 0 Å². The molecule has 0 aliphatic heterocycles. The summed E-state index contributed by atoms with van der Waals surface area (Å²) >= 11 is 7.51. The van der Waals surface area contributed by atoms with Crippen molar-refractivity contribution in [3.05, 3.63) is 45.1 Å². The first kappa shape index (κ1) is 15.2. The molecule has 0 radical (unpaired) electrons. The molecule has 0 fully saturated rings. The van der Waals surface area contributed by atoms with E-state index >= 15 is 0 Å². The zero-order valence-electron chi connectivity index (χ0n) is 11.8. The quantitative estimate of drug-likeness (QED) is 0.864. The fourth-order valence-corrected chi connectivity index (χ4v) is 2.91. The minimum absolute atomic E-state index is 0.256. The smallest absolute Gasteiger partial charge is 0.161 e. The molecule has 0 spiro atoms. The monoisotopic (exact) mass is 311 g/mol. The maximum absolute atomic E-state index is 5.95. The molecule has 2 rings (SSSR count). The van der Waals surface area contributed by atoms with Crippen LogP contribution in [-0.4, -0.2) is 14.2 Å². The van der Waals surface area contributed by atoms with Gasteiger partial charge in [0.1, 0.15) is 0 Å². The maximum Gasteiger partial charge on any atom is 0.161 e. The molecule has 0 aliphatic rings. The predicted molar refractivity (Wildman–Crippen MR) is 84.1 cm³/mol. The Morgan fingerprint density at radius 2 is 1.95 bits per heavy atom. The van der Waals surface area contributed by atoms with E-state index in [0.717, 1.165) is 27.9 Å². The average molecular weight is 312 g/mol. The van der Waals surface area contributed by atoms with E-state index in [1.807, 2.05) is 24.3 Å². The second-order valence-electron chi connectivity index (χ2n) is 4.48. The number of halogens is 1. The molecule has 20 heavy (non-hydrogen) atoms. The van der Waals surface area contributed by atoms with Gasteiger partial charge in [0, 0.05) is 12.6 Å². The summed E-state index contributed by atoms with van der Waals surface area (Å²) in [6.07, 6.45) is 0. The highest BCUT2D eigenvalue weighted by Crippen LogP contribution is 2.28. The van der Waals surface area contributed by atoms with Crippen molar-refractivity contribution in [1.82, 2.24) is 5.32 Å². The maximum atomic E-state index is 5.95. The molecule has 1 unspecified atom stereocenters. The summed E-state index contributed by atoms with van der Waals surface area (Å²) < 4.78 is 11.4. The number of hydrogen-bond donors (Lipinski definition) is 1. The van der Waals surface area contributed by atoms with Crippen molar-refractivity contribution in [2.45, 2.75) is 19.5 Å². The van der Waals surface area contributed by atoms with Crippen molar-refractivity contribution in [2.24, 2.45) is 0 Å². The zero-order chi connectivity index (χ0) is 14.5. The summed E-state index contributed by atoms with van der Waals surface area (Å²) in [6, 6.07) is 8.19.